The van der Waals surface area contributed by atoms with E-state index in [0.29, 0.717) is 5.92 Å². The largest absolute Gasteiger partial charge is 0.496 e. The number of ether oxygens (including phenoxy) is 1. The Hall–Kier alpha value is -1.13. The van der Waals surface area contributed by atoms with Crippen molar-refractivity contribution in [3.05, 3.63) is 23.0 Å². The highest BCUT2D eigenvalue weighted by molar-refractivity contribution is 5.40. The Morgan fingerprint density at radius 2 is 2.15 bits per heavy atom. The molecular weight excluding hydrogens is 252 g/mol. The normalized spacial score (nSPS) is 22.5. The number of aryl methyl sites for hydroxylation is 1. The van der Waals surface area contributed by atoms with Crippen LogP contribution in [0.15, 0.2) is 6.20 Å². The zero-order valence-corrected chi connectivity index (χ0v) is 13.0. The fourth-order valence-corrected chi connectivity index (χ4v) is 3.18. The summed E-state index contributed by atoms with van der Waals surface area (Å²) in [5, 5.41) is 9.91. The monoisotopic (exact) mass is 278 g/mol. The molecule has 1 N–H and O–H groups in total. The Bertz CT molecular complexity index is 462. The maximum Gasteiger partial charge on any atom is 0.128 e. The van der Waals surface area contributed by atoms with Gasteiger partial charge in [0.25, 0.3) is 0 Å². The number of hydrogen-bond acceptors (Lipinski definition) is 4. The summed E-state index contributed by atoms with van der Waals surface area (Å²) in [6, 6.07) is 0. The highest BCUT2D eigenvalue weighted by Gasteiger charge is 2.26. The standard InChI is InChI=1S/C16H26N2O2/c1-11-8-17-14(12(2)16(11)20-4)10-18(3)9-13-6-5-7-15(13)19/h8,13,15,19H,5-7,9-10H2,1-4H3. The van der Waals surface area contributed by atoms with Gasteiger partial charge in [-0.1, -0.05) is 6.42 Å². The van der Waals surface area contributed by atoms with E-state index in [1.807, 2.05) is 13.1 Å². The van der Waals surface area contributed by atoms with Crippen LogP contribution in [-0.2, 0) is 6.54 Å². The first-order valence-electron chi connectivity index (χ1n) is 7.38. The van der Waals surface area contributed by atoms with E-state index < -0.39 is 0 Å². The van der Waals surface area contributed by atoms with E-state index >= 15 is 0 Å². The molecule has 1 saturated carbocycles. The van der Waals surface area contributed by atoms with Crippen LogP contribution in [0.3, 0.4) is 0 Å². The summed E-state index contributed by atoms with van der Waals surface area (Å²) >= 11 is 0. The van der Waals surface area contributed by atoms with Crippen molar-refractivity contribution in [3.63, 3.8) is 0 Å². The first kappa shape index (κ1) is 15.3. The van der Waals surface area contributed by atoms with Gasteiger partial charge in [-0.05, 0) is 39.7 Å². The second-order valence-electron chi connectivity index (χ2n) is 6.00. The quantitative estimate of drug-likeness (QED) is 0.897. The lowest BCUT2D eigenvalue weighted by Gasteiger charge is -2.23. The molecule has 0 radical (unpaired) electrons. The van der Waals surface area contributed by atoms with Crippen molar-refractivity contribution < 1.29 is 9.84 Å². The highest BCUT2D eigenvalue weighted by atomic mass is 16.5. The van der Waals surface area contributed by atoms with Gasteiger partial charge in [-0.25, -0.2) is 0 Å². The van der Waals surface area contributed by atoms with E-state index in [4.69, 9.17) is 4.74 Å². The molecule has 1 aliphatic carbocycles. The fraction of sp³-hybridized carbons (Fsp3) is 0.688. The van der Waals surface area contributed by atoms with Gasteiger partial charge < -0.3 is 14.7 Å². The van der Waals surface area contributed by atoms with Gasteiger partial charge in [0.1, 0.15) is 5.75 Å². The van der Waals surface area contributed by atoms with Crippen LogP contribution in [-0.4, -0.2) is 41.8 Å². The van der Waals surface area contributed by atoms with Crippen molar-refractivity contribution in [2.75, 3.05) is 20.7 Å². The third-order valence-corrected chi connectivity index (χ3v) is 4.33. The molecule has 20 heavy (non-hydrogen) atoms. The van der Waals surface area contributed by atoms with Crippen molar-refractivity contribution in [2.24, 2.45) is 5.92 Å². The lowest BCUT2D eigenvalue weighted by molar-refractivity contribution is 0.107. The number of hydrogen-bond donors (Lipinski definition) is 1. The minimum absolute atomic E-state index is 0.126. The third kappa shape index (κ3) is 3.30. The van der Waals surface area contributed by atoms with Gasteiger partial charge in [-0.3, -0.25) is 4.98 Å². The van der Waals surface area contributed by atoms with Crippen molar-refractivity contribution in [2.45, 2.75) is 45.8 Å². The van der Waals surface area contributed by atoms with E-state index in [-0.39, 0.29) is 6.10 Å². The van der Waals surface area contributed by atoms with E-state index in [9.17, 15) is 5.11 Å². The SMILES string of the molecule is COc1c(C)cnc(CN(C)CC2CCCC2O)c1C. The summed E-state index contributed by atoms with van der Waals surface area (Å²) in [6.45, 7) is 5.80. The molecular formula is C16H26N2O2. The number of nitrogens with zero attached hydrogens (tertiary/aromatic N) is 2. The average molecular weight is 278 g/mol. The smallest absolute Gasteiger partial charge is 0.128 e. The van der Waals surface area contributed by atoms with E-state index in [1.54, 1.807) is 7.11 Å². The molecule has 1 aliphatic rings. The second-order valence-corrected chi connectivity index (χ2v) is 6.00. The second kappa shape index (κ2) is 6.55. The van der Waals surface area contributed by atoms with Crippen LogP contribution in [0, 0.1) is 19.8 Å². The Labute approximate surface area is 121 Å². The lowest BCUT2D eigenvalue weighted by Crippen LogP contribution is -2.30. The van der Waals surface area contributed by atoms with Gasteiger partial charge in [-0.2, -0.15) is 0 Å². The molecule has 2 atom stereocenters. The minimum atomic E-state index is -0.126. The number of rotatable bonds is 5. The molecule has 4 heteroatoms. The van der Waals surface area contributed by atoms with Crippen LogP contribution in [0.5, 0.6) is 5.75 Å². The van der Waals surface area contributed by atoms with Crippen molar-refractivity contribution >= 4 is 0 Å². The summed E-state index contributed by atoms with van der Waals surface area (Å²) < 4.78 is 5.45. The van der Waals surface area contributed by atoms with Gasteiger partial charge >= 0.3 is 0 Å². The molecule has 0 spiro atoms. The molecule has 1 aromatic heterocycles. The molecule has 0 aromatic carbocycles. The maximum atomic E-state index is 9.91. The molecule has 0 aliphatic heterocycles. The molecule has 0 saturated heterocycles. The van der Waals surface area contributed by atoms with Crippen molar-refractivity contribution in [1.29, 1.82) is 0 Å². The lowest BCUT2D eigenvalue weighted by atomic mass is 10.1. The number of aliphatic hydroxyl groups excluding tert-OH is 1. The molecule has 1 heterocycles. The molecule has 0 amide bonds. The first-order valence-corrected chi connectivity index (χ1v) is 7.38. The van der Waals surface area contributed by atoms with Crippen LogP contribution in [0.4, 0.5) is 0 Å². The third-order valence-electron chi connectivity index (χ3n) is 4.33. The van der Waals surface area contributed by atoms with E-state index in [2.05, 4.69) is 23.9 Å². The Kier molecular flexibility index (Phi) is 5.00. The zero-order valence-electron chi connectivity index (χ0n) is 13.0. The summed E-state index contributed by atoms with van der Waals surface area (Å²) in [5.74, 6) is 1.34. The van der Waals surface area contributed by atoms with Crippen LogP contribution >= 0.6 is 0 Å². The number of methoxy groups -OCH3 is 1. The van der Waals surface area contributed by atoms with Crippen LogP contribution in [0.25, 0.3) is 0 Å². The molecule has 2 unspecified atom stereocenters. The highest BCUT2D eigenvalue weighted by Crippen LogP contribution is 2.28. The average Bonchev–Trinajstić information content (AvgIpc) is 2.79. The molecule has 0 bridgehead atoms. The predicted molar refractivity (Wildman–Crippen MR) is 79.9 cm³/mol. The maximum absolute atomic E-state index is 9.91. The van der Waals surface area contributed by atoms with Crippen molar-refractivity contribution in [1.82, 2.24) is 9.88 Å². The number of aromatic nitrogens is 1. The first-order chi connectivity index (χ1) is 9.52. The zero-order chi connectivity index (χ0) is 14.7. The van der Waals surface area contributed by atoms with Gasteiger partial charge in [-0.15, -0.1) is 0 Å². The topological polar surface area (TPSA) is 45.6 Å². The minimum Gasteiger partial charge on any atom is -0.496 e. The molecule has 4 nitrogen and oxygen atoms in total. The van der Waals surface area contributed by atoms with E-state index in [1.165, 1.54) is 0 Å². The predicted octanol–water partition coefficient (Wildman–Crippen LogP) is 2.30. The Balaban J connectivity index is 2.02. The van der Waals surface area contributed by atoms with Crippen LogP contribution in [0.1, 0.15) is 36.1 Å². The summed E-state index contributed by atoms with van der Waals surface area (Å²) in [5.41, 5.74) is 3.25. The van der Waals surface area contributed by atoms with E-state index in [0.717, 1.165) is 54.9 Å². The van der Waals surface area contributed by atoms with Gasteiger partial charge in [0.2, 0.25) is 0 Å². The summed E-state index contributed by atoms with van der Waals surface area (Å²) in [6.07, 6.45) is 4.98. The van der Waals surface area contributed by atoms with Crippen molar-refractivity contribution in [3.8, 4) is 5.75 Å². The fourth-order valence-electron chi connectivity index (χ4n) is 3.18. The Morgan fingerprint density at radius 3 is 2.75 bits per heavy atom. The summed E-state index contributed by atoms with van der Waals surface area (Å²) in [7, 11) is 3.80. The summed E-state index contributed by atoms with van der Waals surface area (Å²) in [4.78, 5) is 6.79. The molecule has 1 fully saturated rings. The van der Waals surface area contributed by atoms with Gasteiger partial charge in [0, 0.05) is 30.4 Å². The van der Waals surface area contributed by atoms with Gasteiger partial charge in [0.15, 0.2) is 0 Å². The number of aliphatic hydroxyl groups is 1. The van der Waals surface area contributed by atoms with Crippen LogP contribution < -0.4 is 4.74 Å². The number of pyridine rings is 1. The Morgan fingerprint density at radius 1 is 1.40 bits per heavy atom. The molecule has 2 rings (SSSR count). The molecule has 112 valence electrons. The van der Waals surface area contributed by atoms with Gasteiger partial charge in [0.05, 0.1) is 18.9 Å². The van der Waals surface area contributed by atoms with Crippen LogP contribution in [0.2, 0.25) is 0 Å². The molecule has 1 aromatic rings.